The summed E-state index contributed by atoms with van der Waals surface area (Å²) < 4.78 is 9.77. The molecular formula is C15H21NO5. The Bertz CT molecular complexity index is 538. The Hall–Kier alpha value is -1.69. The Labute approximate surface area is 124 Å². The minimum absolute atomic E-state index is 0.111. The third kappa shape index (κ3) is 1.85. The van der Waals surface area contributed by atoms with Gasteiger partial charge in [-0.15, -0.1) is 0 Å². The predicted molar refractivity (Wildman–Crippen MR) is 74.4 cm³/mol. The number of rotatable bonds is 3. The van der Waals surface area contributed by atoms with Crippen LogP contribution in [0.5, 0.6) is 0 Å². The molecule has 0 aromatic carbocycles. The summed E-state index contributed by atoms with van der Waals surface area (Å²) in [4.78, 5) is 39.0. The van der Waals surface area contributed by atoms with Gasteiger partial charge in [-0.1, -0.05) is 0 Å². The van der Waals surface area contributed by atoms with Crippen molar-refractivity contribution in [3.05, 3.63) is 11.1 Å². The maximum absolute atomic E-state index is 12.5. The van der Waals surface area contributed by atoms with Gasteiger partial charge in [0.05, 0.1) is 19.8 Å². The van der Waals surface area contributed by atoms with E-state index in [1.165, 1.54) is 21.1 Å². The number of nitrogens with zero attached hydrogens (tertiary/aromatic N) is 1. The fourth-order valence-corrected chi connectivity index (χ4v) is 4.01. The first-order valence-electron chi connectivity index (χ1n) is 6.94. The summed E-state index contributed by atoms with van der Waals surface area (Å²) in [6.07, 6.45) is 1.38. The molecule has 0 unspecified atom stereocenters. The fourth-order valence-electron chi connectivity index (χ4n) is 4.01. The summed E-state index contributed by atoms with van der Waals surface area (Å²) >= 11 is 0. The zero-order valence-electron chi connectivity index (χ0n) is 13.1. The number of carbonyl (C=O) groups excluding carboxylic acids is 3. The van der Waals surface area contributed by atoms with Gasteiger partial charge in [0, 0.05) is 12.1 Å². The molecule has 1 fully saturated rings. The van der Waals surface area contributed by atoms with Crippen LogP contribution in [0, 0.1) is 5.41 Å². The lowest BCUT2D eigenvalue weighted by atomic mass is 9.67. The monoisotopic (exact) mass is 295 g/mol. The van der Waals surface area contributed by atoms with Crippen LogP contribution in [0.15, 0.2) is 11.1 Å². The Morgan fingerprint density at radius 2 is 1.81 bits per heavy atom. The normalized spacial score (nSPS) is 32.0. The molecule has 1 saturated heterocycles. The number of fused-ring (bicyclic) bond motifs is 2. The maximum Gasteiger partial charge on any atom is 0.335 e. The quantitative estimate of drug-likeness (QED) is 0.564. The van der Waals surface area contributed by atoms with E-state index in [1.807, 2.05) is 11.9 Å². The number of hydrogen-bond donors (Lipinski definition) is 0. The lowest BCUT2D eigenvalue weighted by Gasteiger charge is -2.45. The molecule has 2 aliphatic rings. The molecule has 0 radical (unpaired) electrons. The molecular weight excluding hydrogens is 274 g/mol. The largest absolute Gasteiger partial charge is 0.468 e. The number of methoxy groups -OCH3 is 2. The average Bonchev–Trinajstić information content (AvgIpc) is 2.74. The Balaban J connectivity index is 2.76. The van der Waals surface area contributed by atoms with Crippen molar-refractivity contribution < 1.29 is 23.9 Å². The van der Waals surface area contributed by atoms with E-state index in [-0.39, 0.29) is 17.9 Å². The molecule has 0 saturated carbocycles. The molecule has 0 N–H and O–H groups in total. The van der Waals surface area contributed by atoms with Gasteiger partial charge in [0.15, 0.2) is 11.2 Å². The molecule has 2 rings (SSSR count). The van der Waals surface area contributed by atoms with Gasteiger partial charge >= 0.3 is 11.9 Å². The Morgan fingerprint density at radius 1 is 1.19 bits per heavy atom. The zero-order valence-corrected chi connectivity index (χ0v) is 13.1. The lowest BCUT2D eigenvalue weighted by molar-refractivity contribution is -0.159. The highest BCUT2D eigenvalue weighted by Crippen LogP contribution is 2.50. The third-order valence-corrected chi connectivity index (χ3v) is 4.99. The van der Waals surface area contributed by atoms with E-state index in [4.69, 9.17) is 9.47 Å². The highest BCUT2D eigenvalue weighted by Gasteiger charge is 2.62. The van der Waals surface area contributed by atoms with Crippen LogP contribution in [0.25, 0.3) is 0 Å². The molecule has 0 aromatic rings. The number of esters is 2. The van der Waals surface area contributed by atoms with Crippen LogP contribution in [0.4, 0.5) is 0 Å². The molecule has 0 spiro atoms. The maximum atomic E-state index is 12.5. The first-order chi connectivity index (χ1) is 9.83. The van der Waals surface area contributed by atoms with Gasteiger partial charge in [-0.2, -0.15) is 0 Å². The van der Waals surface area contributed by atoms with Gasteiger partial charge in [-0.3, -0.25) is 14.5 Å². The topological polar surface area (TPSA) is 72.9 Å². The molecule has 116 valence electrons. The summed E-state index contributed by atoms with van der Waals surface area (Å²) in [5, 5.41) is 0. The van der Waals surface area contributed by atoms with Gasteiger partial charge in [0.25, 0.3) is 0 Å². The highest BCUT2D eigenvalue weighted by atomic mass is 16.5. The molecule has 0 amide bonds. The van der Waals surface area contributed by atoms with Gasteiger partial charge in [0.1, 0.15) is 0 Å². The molecule has 3 atom stereocenters. The van der Waals surface area contributed by atoms with E-state index in [1.54, 1.807) is 6.92 Å². The van der Waals surface area contributed by atoms with Crippen molar-refractivity contribution in [2.75, 3.05) is 21.3 Å². The van der Waals surface area contributed by atoms with Gasteiger partial charge in [-0.05, 0) is 39.3 Å². The van der Waals surface area contributed by atoms with Crippen molar-refractivity contribution in [2.24, 2.45) is 5.41 Å². The number of likely N-dealkylation sites (N-methyl/N-ethyl adjacent to an activating group) is 1. The first-order valence-corrected chi connectivity index (χ1v) is 6.94. The van der Waals surface area contributed by atoms with E-state index in [0.717, 1.165) is 6.42 Å². The lowest BCUT2D eigenvalue weighted by Crippen LogP contribution is -2.59. The van der Waals surface area contributed by atoms with Crippen LogP contribution in [0.2, 0.25) is 0 Å². The van der Waals surface area contributed by atoms with Crippen molar-refractivity contribution in [3.8, 4) is 0 Å². The summed E-state index contributed by atoms with van der Waals surface area (Å²) in [5.74, 6) is -1.39. The van der Waals surface area contributed by atoms with Crippen molar-refractivity contribution in [1.29, 1.82) is 0 Å². The van der Waals surface area contributed by atoms with Crippen molar-refractivity contribution in [2.45, 2.75) is 38.8 Å². The number of Topliss-reactive ketones (excluding diaryl/α,β-unsaturated/α-hetero) is 1. The molecule has 0 aliphatic carbocycles. The second-order valence-corrected chi connectivity index (χ2v) is 5.66. The second-order valence-electron chi connectivity index (χ2n) is 5.66. The number of ketones is 1. The van der Waals surface area contributed by atoms with Crippen LogP contribution in [-0.2, 0) is 23.9 Å². The Morgan fingerprint density at radius 3 is 2.29 bits per heavy atom. The first kappa shape index (κ1) is 15.7. The van der Waals surface area contributed by atoms with E-state index < -0.39 is 17.4 Å². The molecule has 6 nitrogen and oxygen atoms in total. The summed E-state index contributed by atoms with van der Waals surface area (Å²) in [7, 11) is 4.40. The van der Waals surface area contributed by atoms with Crippen molar-refractivity contribution in [1.82, 2.24) is 4.90 Å². The van der Waals surface area contributed by atoms with Crippen molar-refractivity contribution in [3.63, 3.8) is 0 Å². The molecule has 2 heterocycles. The van der Waals surface area contributed by atoms with E-state index in [2.05, 4.69) is 0 Å². The minimum Gasteiger partial charge on any atom is -0.468 e. The van der Waals surface area contributed by atoms with Crippen LogP contribution in [-0.4, -0.2) is 56.0 Å². The molecule has 21 heavy (non-hydrogen) atoms. The summed E-state index contributed by atoms with van der Waals surface area (Å²) in [6.45, 7) is 3.05. The van der Waals surface area contributed by atoms with E-state index in [9.17, 15) is 14.4 Å². The van der Waals surface area contributed by atoms with Crippen LogP contribution in [0.3, 0.4) is 0 Å². The van der Waals surface area contributed by atoms with Crippen molar-refractivity contribution >= 4 is 17.7 Å². The second kappa shape index (κ2) is 5.26. The Kier molecular flexibility index (Phi) is 3.93. The molecule has 0 aromatic heterocycles. The van der Waals surface area contributed by atoms with E-state index in [0.29, 0.717) is 17.6 Å². The average molecular weight is 295 g/mol. The molecule has 6 heteroatoms. The number of ether oxygens (including phenoxy) is 2. The zero-order chi connectivity index (χ0) is 15.9. The number of hydrogen-bond acceptors (Lipinski definition) is 6. The van der Waals surface area contributed by atoms with Gasteiger partial charge in [0.2, 0.25) is 0 Å². The molecule has 2 aliphatic heterocycles. The summed E-state index contributed by atoms with van der Waals surface area (Å²) in [5.41, 5.74) is -0.534. The van der Waals surface area contributed by atoms with Crippen LogP contribution in [0.1, 0.15) is 26.7 Å². The minimum atomic E-state index is -1.42. The third-order valence-electron chi connectivity index (χ3n) is 4.99. The SMILES string of the molecule is COC(=O)C1=C(C)[C@](C(C)=O)(C(=O)OC)[C@H]2CC[C@H]1N2C. The standard InChI is InChI=1S/C15H21NO5/c1-8-12(13(18)20-4)10-6-7-11(16(10)3)15(8,9(2)17)14(19)21-5/h10-11H,6-7H2,1-5H3/t10-,11-,15-/m1/s1. The van der Waals surface area contributed by atoms with Gasteiger partial charge < -0.3 is 9.47 Å². The smallest absolute Gasteiger partial charge is 0.335 e. The number of carbonyl (C=O) groups is 3. The summed E-state index contributed by atoms with van der Waals surface area (Å²) in [6, 6.07) is -0.388. The van der Waals surface area contributed by atoms with Crippen LogP contribution < -0.4 is 0 Å². The fraction of sp³-hybridized carbons (Fsp3) is 0.667. The predicted octanol–water partition coefficient (Wildman–Crippen LogP) is 0.701. The van der Waals surface area contributed by atoms with E-state index >= 15 is 0 Å². The van der Waals surface area contributed by atoms with Crippen LogP contribution >= 0.6 is 0 Å². The highest BCUT2D eigenvalue weighted by molar-refractivity contribution is 6.09. The van der Waals surface area contributed by atoms with Gasteiger partial charge in [-0.25, -0.2) is 4.79 Å². The molecule has 2 bridgehead atoms.